The molecule has 0 radical (unpaired) electrons. The van der Waals surface area contributed by atoms with Gasteiger partial charge in [-0.2, -0.15) is 0 Å². The monoisotopic (exact) mass is 250 g/mol. The van der Waals surface area contributed by atoms with Gasteiger partial charge in [0.2, 0.25) is 5.91 Å². The first-order chi connectivity index (χ1) is 8.58. The van der Waals surface area contributed by atoms with Crippen LogP contribution >= 0.6 is 0 Å². The molecule has 0 atom stereocenters. The molecule has 1 aromatic heterocycles. The zero-order valence-corrected chi connectivity index (χ0v) is 9.76. The van der Waals surface area contributed by atoms with Crippen molar-refractivity contribution < 1.29 is 14.7 Å². The summed E-state index contributed by atoms with van der Waals surface area (Å²) in [5, 5.41) is 11.5. The van der Waals surface area contributed by atoms with Crippen LogP contribution in [0, 0.1) is 5.92 Å². The maximum absolute atomic E-state index is 11.7. The number of aromatic carboxylic acids is 1. The molecule has 18 heavy (non-hydrogen) atoms. The largest absolute Gasteiger partial charge is 0.477 e. The Morgan fingerprint density at radius 2 is 2.17 bits per heavy atom. The predicted octanol–water partition coefficient (Wildman–Crippen LogP) is 0.0727. The van der Waals surface area contributed by atoms with E-state index in [1.807, 2.05) is 0 Å². The van der Waals surface area contributed by atoms with E-state index in [9.17, 15) is 14.4 Å². The lowest BCUT2D eigenvalue weighted by Crippen LogP contribution is -2.34. The third-order valence-electron chi connectivity index (χ3n) is 2.85. The summed E-state index contributed by atoms with van der Waals surface area (Å²) < 4.78 is 1.10. The number of carbonyl (C=O) groups is 2. The van der Waals surface area contributed by atoms with Gasteiger partial charge in [0.25, 0.3) is 5.56 Å². The highest BCUT2D eigenvalue weighted by atomic mass is 16.4. The van der Waals surface area contributed by atoms with Gasteiger partial charge in [-0.1, -0.05) is 0 Å². The molecule has 1 aliphatic carbocycles. The lowest BCUT2D eigenvalue weighted by atomic mass is 10.3. The normalized spacial score (nSPS) is 14.2. The van der Waals surface area contributed by atoms with Gasteiger partial charge >= 0.3 is 5.97 Å². The van der Waals surface area contributed by atoms with Crippen LogP contribution in [0.15, 0.2) is 23.1 Å². The van der Waals surface area contributed by atoms with Crippen molar-refractivity contribution in [1.29, 1.82) is 0 Å². The van der Waals surface area contributed by atoms with Gasteiger partial charge in [-0.25, -0.2) is 4.79 Å². The maximum atomic E-state index is 11.7. The van der Waals surface area contributed by atoms with E-state index in [1.165, 1.54) is 18.3 Å². The molecule has 1 heterocycles. The predicted molar refractivity (Wildman–Crippen MR) is 63.4 cm³/mol. The van der Waals surface area contributed by atoms with Crippen molar-refractivity contribution in [3.8, 4) is 0 Å². The van der Waals surface area contributed by atoms with Crippen molar-refractivity contribution >= 4 is 11.9 Å². The number of hydrogen-bond acceptors (Lipinski definition) is 3. The third-order valence-corrected chi connectivity index (χ3v) is 2.85. The van der Waals surface area contributed by atoms with Crippen LogP contribution in [0.5, 0.6) is 0 Å². The fourth-order valence-corrected chi connectivity index (χ4v) is 1.61. The molecular weight excluding hydrogens is 236 g/mol. The topological polar surface area (TPSA) is 88.4 Å². The quantitative estimate of drug-likeness (QED) is 0.774. The molecule has 2 rings (SSSR count). The number of amides is 1. The second-order valence-electron chi connectivity index (χ2n) is 4.41. The van der Waals surface area contributed by atoms with Crippen LogP contribution in [0.2, 0.25) is 0 Å². The molecule has 0 spiro atoms. The van der Waals surface area contributed by atoms with Crippen molar-refractivity contribution in [2.75, 3.05) is 6.54 Å². The van der Waals surface area contributed by atoms with E-state index in [0.717, 1.165) is 17.4 Å². The first-order valence-electron chi connectivity index (χ1n) is 5.77. The SMILES string of the molecule is O=C(Cn1cccc(C(=O)O)c1=O)NCC1CC1. The summed E-state index contributed by atoms with van der Waals surface area (Å²) >= 11 is 0. The van der Waals surface area contributed by atoms with Crippen molar-refractivity contribution in [1.82, 2.24) is 9.88 Å². The summed E-state index contributed by atoms with van der Waals surface area (Å²) in [4.78, 5) is 34.0. The summed E-state index contributed by atoms with van der Waals surface area (Å²) in [5.41, 5.74) is -0.987. The van der Waals surface area contributed by atoms with Crippen LogP contribution < -0.4 is 10.9 Å². The molecule has 6 nitrogen and oxygen atoms in total. The summed E-state index contributed by atoms with van der Waals surface area (Å²) in [5.74, 6) is -0.990. The number of aromatic nitrogens is 1. The van der Waals surface area contributed by atoms with E-state index in [2.05, 4.69) is 5.32 Å². The molecule has 2 N–H and O–H groups in total. The van der Waals surface area contributed by atoms with Crippen molar-refractivity contribution in [2.24, 2.45) is 5.92 Å². The molecule has 1 fully saturated rings. The first kappa shape index (κ1) is 12.3. The number of hydrogen-bond donors (Lipinski definition) is 2. The van der Waals surface area contributed by atoms with Crippen molar-refractivity contribution in [3.05, 3.63) is 34.2 Å². The molecule has 1 aliphatic rings. The molecule has 6 heteroatoms. The Hall–Kier alpha value is -2.11. The Bertz CT molecular complexity index is 531. The highest BCUT2D eigenvalue weighted by molar-refractivity contribution is 5.87. The molecule has 1 saturated carbocycles. The molecule has 1 aromatic rings. The number of nitrogens with zero attached hydrogens (tertiary/aromatic N) is 1. The van der Waals surface area contributed by atoms with Crippen molar-refractivity contribution in [2.45, 2.75) is 19.4 Å². The molecule has 0 bridgehead atoms. The van der Waals surface area contributed by atoms with Gasteiger partial charge in [-0.15, -0.1) is 0 Å². The van der Waals surface area contributed by atoms with Crippen LogP contribution in [-0.4, -0.2) is 28.1 Å². The van der Waals surface area contributed by atoms with Gasteiger partial charge in [0.15, 0.2) is 0 Å². The zero-order valence-electron chi connectivity index (χ0n) is 9.76. The van der Waals surface area contributed by atoms with Crippen LogP contribution in [-0.2, 0) is 11.3 Å². The molecule has 0 aromatic carbocycles. The number of carboxylic acid groups (broad SMARTS) is 1. The third kappa shape index (κ3) is 2.97. The number of rotatable bonds is 5. The van der Waals surface area contributed by atoms with E-state index < -0.39 is 11.5 Å². The summed E-state index contributed by atoms with van der Waals surface area (Å²) in [7, 11) is 0. The van der Waals surface area contributed by atoms with Crippen LogP contribution in [0.4, 0.5) is 0 Å². The van der Waals surface area contributed by atoms with Gasteiger partial charge in [0.05, 0.1) is 0 Å². The fourth-order valence-electron chi connectivity index (χ4n) is 1.61. The Labute approximate surface area is 103 Å². The second-order valence-corrected chi connectivity index (χ2v) is 4.41. The summed E-state index contributed by atoms with van der Waals surface area (Å²) in [6, 6.07) is 2.67. The van der Waals surface area contributed by atoms with E-state index in [-0.39, 0.29) is 18.0 Å². The molecule has 1 amide bonds. The van der Waals surface area contributed by atoms with E-state index in [4.69, 9.17) is 5.11 Å². The average molecular weight is 250 g/mol. The van der Waals surface area contributed by atoms with E-state index in [0.29, 0.717) is 12.5 Å². The first-order valence-corrected chi connectivity index (χ1v) is 5.77. The van der Waals surface area contributed by atoms with E-state index >= 15 is 0 Å². The van der Waals surface area contributed by atoms with Gasteiger partial charge in [0, 0.05) is 12.7 Å². The lowest BCUT2D eigenvalue weighted by molar-refractivity contribution is -0.121. The van der Waals surface area contributed by atoms with Gasteiger partial charge < -0.3 is 15.0 Å². The van der Waals surface area contributed by atoms with Crippen LogP contribution in [0.1, 0.15) is 23.2 Å². The Balaban J connectivity index is 2.03. The van der Waals surface area contributed by atoms with Gasteiger partial charge in [-0.05, 0) is 30.9 Å². The van der Waals surface area contributed by atoms with Crippen LogP contribution in [0.3, 0.4) is 0 Å². The smallest absolute Gasteiger partial charge is 0.341 e. The lowest BCUT2D eigenvalue weighted by Gasteiger charge is -2.07. The average Bonchev–Trinajstić information content (AvgIpc) is 3.13. The minimum Gasteiger partial charge on any atom is -0.477 e. The highest BCUT2D eigenvalue weighted by Gasteiger charge is 2.21. The molecule has 0 unspecified atom stereocenters. The highest BCUT2D eigenvalue weighted by Crippen LogP contribution is 2.27. The zero-order chi connectivity index (χ0) is 13.1. The Kier molecular flexibility index (Phi) is 3.45. The number of nitrogens with one attached hydrogen (secondary N) is 1. The Morgan fingerprint density at radius 1 is 1.44 bits per heavy atom. The summed E-state index contributed by atoms with van der Waals surface area (Å²) in [6.07, 6.45) is 3.68. The van der Waals surface area contributed by atoms with Crippen LogP contribution in [0.25, 0.3) is 0 Å². The fraction of sp³-hybridized carbons (Fsp3) is 0.417. The summed E-state index contributed by atoms with van der Waals surface area (Å²) in [6.45, 7) is 0.485. The number of carboxylic acids is 1. The minimum absolute atomic E-state index is 0.146. The molecule has 96 valence electrons. The Morgan fingerprint density at radius 3 is 2.78 bits per heavy atom. The van der Waals surface area contributed by atoms with E-state index in [1.54, 1.807) is 0 Å². The number of carbonyl (C=O) groups excluding carboxylic acids is 1. The molecular formula is C12H14N2O4. The minimum atomic E-state index is -1.28. The molecule has 0 aliphatic heterocycles. The van der Waals surface area contributed by atoms with Gasteiger partial charge in [0.1, 0.15) is 12.1 Å². The van der Waals surface area contributed by atoms with Gasteiger partial charge in [-0.3, -0.25) is 9.59 Å². The molecule has 0 saturated heterocycles. The van der Waals surface area contributed by atoms with Crippen molar-refractivity contribution in [3.63, 3.8) is 0 Å². The second kappa shape index (κ2) is 5.03. The standard InChI is InChI=1S/C12H14N2O4/c15-10(13-6-8-3-4-8)7-14-5-1-2-9(11(14)16)12(17)18/h1-2,5,8H,3-4,6-7H2,(H,13,15)(H,17,18). The number of pyridine rings is 1. The maximum Gasteiger partial charge on any atom is 0.341 e.